The van der Waals surface area contributed by atoms with Gasteiger partial charge in [0.1, 0.15) is 0 Å². The summed E-state index contributed by atoms with van der Waals surface area (Å²) >= 11 is 0. The van der Waals surface area contributed by atoms with Crippen LogP contribution in [-0.2, 0) is 0 Å². The summed E-state index contributed by atoms with van der Waals surface area (Å²) in [7, 11) is 0. The van der Waals surface area contributed by atoms with E-state index in [4.69, 9.17) is 0 Å². The molecule has 0 saturated heterocycles. The van der Waals surface area contributed by atoms with Gasteiger partial charge < -0.3 is 18.3 Å². The Morgan fingerprint density at radius 2 is 0.486 bits per heavy atom. The van der Waals surface area contributed by atoms with Crippen LogP contribution >= 0.6 is 0 Å². The summed E-state index contributed by atoms with van der Waals surface area (Å²) in [5.41, 5.74) is 13.5. The van der Waals surface area contributed by atoms with Crippen molar-refractivity contribution in [2.45, 2.75) is 0 Å². The molecule has 0 saturated carbocycles. The highest BCUT2D eigenvalue weighted by atomic mass is 16.1. The predicted octanol–water partition coefficient (Wildman–Crippen LogP) is 16.5. The molecule has 0 bridgehead atoms. The number of hydrogen-bond acceptors (Lipinski definition) is 2. The quantitative estimate of drug-likeness (QED) is 0.143. The van der Waals surface area contributed by atoms with Crippen molar-refractivity contribution in [3.8, 4) is 22.7 Å². The van der Waals surface area contributed by atoms with E-state index < -0.39 is 0 Å². The minimum absolute atomic E-state index is 0.150. The molecule has 6 heteroatoms. The van der Waals surface area contributed by atoms with Crippen LogP contribution in [0.4, 0.5) is 0 Å². The fourth-order valence-electron chi connectivity index (χ4n) is 11.9. The number of hydrogen-bond donors (Lipinski definition) is 0. The van der Waals surface area contributed by atoms with E-state index in [1.54, 1.807) is 0 Å². The third-order valence-corrected chi connectivity index (χ3v) is 15.1. The molecular formula is C68H42N4O2. The maximum atomic E-state index is 15.6. The molecular weight excluding hydrogens is 905 g/mol. The molecule has 0 N–H and O–H groups in total. The molecule has 0 fully saturated rings. The van der Waals surface area contributed by atoms with Gasteiger partial charge in [0.15, 0.2) is 11.6 Å². The van der Waals surface area contributed by atoms with Gasteiger partial charge in [-0.15, -0.1) is 0 Å². The number of carbonyl (C=O) groups excluding carboxylic acids is 2. The first-order chi connectivity index (χ1) is 36.6. The largest absolute Gasteiger partial charge is 0.309 e. The van der Waals surface area contributed by atoms with Gasteiger partial charge in [-0.2, -0.15) is 0 Å². The summed E-state index contributed by atoms with van der Waals surface area (Å²) in [5, 5.41) is 8.89. The van der Waals surface area contributed by atoms with E-state index in [-0.39, 0.29) is 11.6 Å². The zero-order chi connectivity index (χ0) is 49.0. The minimum atomic E-state index is -0.150. The van der Waals surface area contributed by atoms with Gasteiger partial charge in [-0.05, 0) is 84.9 Å². The summed E-state index contributed by atoms with van der Waals surface area (Å²) in [6.45, 7) is 0. The summed E-state index contributed by atoms with van der Waals surface area (Å²) in [4.78, 5) is 31.1. The average Bonchev–Trinajstić information content (AvgIpc) is 4.20. The zero-order valence-corrected chi connectivity index (χ0v) is 39.9. The second-order valence-electron chi connectivity index (χ2n) is 19.1. The van der Waals surface area contributed by atoms with Crippen LogP contribution in [0, 0.1) is 0 Å². The van der Waals surface area contributed by atoms with Crippen molar-refractivity contribution in [2.75, 3.05) is 0 Å². The molecule has 4 heterocycles. The van der Waals surface area contributed by atoms with Crippen molar-refractivity contribution < 1.29 is 9.59 Å². The Balaban J connectivity index is 1.02. The highest BCUT2D eigenvalue weighted by Gasteiger charge is 2.28. The molecule has 15 aromatic rings. The number of aromatic nitrogens is 4. The third-order valence-electron chi connectivity index (χ3n) is 15.1. The van der Waals surface area contributed by atoms with Gasteiger partial charge in [0.25, 0.3) is 0 Å². The Kier molecular flexibility index (Phi) is 9.16. The minimum Gasteiger partial charge on any atom is -0.309 e. The van der Waals surface area contributed by atoms with Crippen LogP contribution in [0.1, 0.15) is 31.8 Å². The van der Waals surface area contributed by atoms with Gasteiger partial charge in [0.05, 0.1) is 55.5 Å². The Hall–Kier alpha value is -10.0. The van der Waals surface area contributed by atoms with Crippen molar-refractivity contribution in [1.29, 1.82) is 0 Å². The van der Waals surface area contributed by atoms with Crippen molar-refractivity contribution in [3.05, 3.63) is 277 Å². The SMILES string of the molecule is O=C(c1ccccc1)c1cc(-n2c3ccccc3c3cc(-n4c5ccccc5c5ccccc54)ccc32)c(C(=O)c2ccccc2)cc1-n1c2ccccc2c2cc(-n3c4ccccc4c4ccccc43)ccc21. The van der Waals surface area contributed by atoms with E-state index in [0.29, 0.717) is 33.6 Å². The fraction of sp³-hybridized carbons (Fsp3) is 0. The molecule has 11 aromatic carbocycles. The monoisotopic (exact) mass is 946 g/mol. The van der Waals surface area contributed by atoms with Gasteiger partial charge in [0.2, 0.25) is 0 Å². The highest BCUT2D eigenvalue weighted by Crippen LogP contribution is 2.42. The maximum Gasteiger partial charge on any atom is 0.195 e. The Morgan fingerprint density at radius 1 is 0.230 bits per heavy atom. The molecule has 0 amide bonds. The van der Waals surface area contributed by atoms with Crippen LogP contribution in [0.3, 0.4) is 0 Å². The smallest absolute Gasteiger partial charge is 0.195 e. The van der Waals surface area contributed by atoms with Gasteiger partial charge in [-0.1, -0.05) is 170 Å². The first kappa shape index (κ1) is 41.7. The van der Waals surface area contributed by atoms with Gasteiger partial charge in [-0.25, -0.2) is 0 Å². The molecule has 0 atom stereocenters. The van der Waals surface area contributed by atoms with E-state index in [0.717, 1.165) is 77.1 Å². The van der Waals surface area contributed by atoms with E-state index in [1.165, 1.54) is 21.5 Å². The second-order valence-corrected chi connectivity index (χ2v) is 19.1. The first-order valence-electron chi connectivity index (χ1n) is 25.0. The number of nitrogens with zero attached hydrogens (tertiary/aromatic N) is 4. The standard InChI is InChI=1S/C68H42N4O2/c73-67(43-19-3-1-4-20-43)55-41-66(72-62-34-18-12-28-52(62)54-40-46(36-38-64(54)72)70-59-31-15-9-25-49(59)50-26-10-16-32-60(50)70)56(68(74)44-21-5-2-6-22-44)42-65(55)71-61-33-17-11-27-51(61)53-39-45(35-37-63(53)71)69-57-29-13-7-23-47(57)48-24-8-14-30-58(48)69/h1-42H. The number of carbonyl (C=O) groups is 2. The molecule has 0 aliphatic heterocycles. The normalized spacial score (nSPS) is 11.9. The van der Waals surface area contributed by atoms with Crippen LogP contribution in [0.2, 0.25) is 0 Å². The van der Waals surface area contributed by atoms with Crippen LogP contribution in [0.15, 0.2) is 255 Å². The Bertz CT molecular complexity index is 4410. The summed E-state index contributed by atoms with van der Waals surface area (Å²) < 4.78 is 9.05. The lowest BCUT2D eigenvalue weighted by Gasteiger charge is -2.20. The Labute approximate surface area is 424 Å². The van der Waals surface area contributed by atoms with Crippen LogP contribution in [0.25, 0.3) is 110 Å². The maximum absolute atomic E-state index is 15.6. The molecule has 0 spiro atoms. The van der Waals surface area contributed by atoms with Crippen LogP contribution in [0.5, 0.6) is 0 Å². The van der Waals surface area contributed by atoms with Crippen molar-refractivity contribution in [3.63, 3.8) is 0 Å². The molecule has 4 aromatic heterocycles. The van der Waals surface area contributed by atoms with Crippen molar-refractivity contribution >= 4 is 98.8 Å². The van der Waals surface area contributed by atoms with Gasteiger partial charge in [-0.3, -0.25) is 9.59 Å². The second kappa shape index (κ2) is 16.2. The molecule has 0 unspecified atom stereocenters. The molecule has 15 rings (SSSR count). The Morgan fingerprint density at radius 3 is 0.811 bits per heavy atom. The molecule has 74 heavy (non-hydrogen) atoms. The lowest BCUT2D eigenvalue weighted by Crippen LogP contribution is -2.14. The number of rotatable bonds is 8. The molecule has 346 valence electrons. The fourth-order valence-corrected chi connectivity index (χ4v) is 11.9. The summed E-state index contributed by atoms with van der Waals surface area (Å²) in [6.07, 6.45) is 0. The highest BCUT2D eigenvalue weighted by molar-refractivity contribution is 6.20. The van der Waals surface area contributed by atoms with E-state index in [1.807, 2.05) is 84.9 Å². The van der Waals surface area contributed by atoms with Gasteiger partial charge in [0, 0.05) is 76.7 Å². The van der Waals surface area contributed by atoms with E-state index >= 15 is 9.59 Å². The number of para-hydroxylation sites is 6. The molecule has 0 aliphatic carbocycles. The molecule has 0 radical (unpaired) electrons. The summed E-state index contributed by atoms with van der Waals surface area (Å²) in [6, 6.07) is 87.1. The predicted molar refractivity (Wildman–Crippen MR) is 304 cm³/mol. The molecule has 6 nitrogen and oxygen atoms in total. The van der Waals surface area contributed by atoms with Crippen molar-refractivity contribution in [2.24, 2.45) is 0 Å². The van der Waals surface area contributed by atoms with Crippen LogP contribution in [-0.4, -0.2) is 29.8 Å². The number of ketones is 2. The zero-order valence-electron chi connectivity index (χ0n) is 39.9. The third kappa shape index (κ3) is 6.12. The van der Waals surface area contributed by atoms with E-state index in [2.05, 4.69) is 188 Å². The lowest BCUT2D eigenvalue weighted by atomic mass is 9.94. The first-order valence-corrected chi connectivity index (χ1v) is 25.0. The number of fused-ring (bicyclic) bond motifs is 12. The average molecular weight is 947 g/mol. The lowest BCUT2D eigenvalue weighted by molar-refractivity contribution is 0.102. The topological polar surface area (TPSA) is 53.9 Å². The number of benzene rings is 11. The van der Waals surface area contributed by atoms with Crippen LogP contribution < -0.4 is 0 Å². The summed E-state index contributed by atoms with van der Waals surface area (Å²) in [5.74, 6) is -0.300. The van der Waals surface area contributed by atoms with Crippen molar-refractivity contribution in [1.82, 2.24) is 18.3 Å². The van der Waals surface area contributed by atoms with E-state index in [9.17, 15) is 0 Å². The van der Waals surface area contributed by atoms with Gasteiger partial charge >= 0.3 is 0 Å². The molecule has 0 aliphatic rings.